The van der Waals surface area contributed by atoms with Crippen molar-refractivity contribution in [2.24, 2.45) is 7.05 Å². The van der Waals surface area contributed by atoms with Crippen molar-refractivity contribution in [1.82, 2.24) is 4.57 Å². The molecule has 0 amide bonds. The maximum absolute atomic E-state index is 15.4. The predicted molar refractivity (Wildman–Crippen MR) is 160 cm³/mol. The Kier molecular flexibility index (Phi) is 7.69. The van der Waals surface area contributed by atoms with E-state index in [4.69, 9.17) is 18.9 Å². The van der Waals surface area contributed by atoms with Crippen molar-refractivity contribution < 1.29 is 28.1 Å². The lowest BCUT2D eigenvalue weighted by Crippen LogP contribution is -2.15. The van der Waals surface area contributed by atoms with Crippen LogP contribution in [0.25, 0.3) is 11.1 Å². The SMILES string of the molecule is COC(=O)C[C@@H]1COc2cc(OC3CCc4c(-c5c(C)cc(OCc6ccn(C)c(=O)c6)cc5C)ccc(F)c43)ccc21. The molecule has 0 radical (unpaired) electrons. The van der Waals surface area contributed by atoms with Crippen molar-refractivity contribution in [3.05, 3.63) is 110 Å². The van der Waals surface area contributed by atoms with Crippen molar-refractivity contribution in [2.75, 3.05) is 13.7 Å². The van der Waals surface area contributed by atoms with Gasteiger partial charge in [-0.3, -0.25) is 9.59 Å². The number of methoxy groups -OCH3 is 1. The summed E-state index contributed by atoms with van der Waals surface area (Å²) in [6, 6.07) is 16.4. The quantitative estimate of drug-likeness (QED) is 0.221. The molecule has 0 saturated carbocycles. The first-order valence-electron chi connectivity index (χ1n) is 14.4. The highest BCUT2D eigenvalue weighted by Crippen LogP contribution is 2.45. The summed E-state index contributed by atoms with van der Waals surface area (Å²) >= 11 is 0. The second-order valence-electron chi connectivity index (χ2n) is 11.3. The van der Waals surface area contributed by atoms with E-state index in [1.54, 1.807) is 19.3 Å². The van der Waals surface area contributed by atoms with Gasteiger partial charge in [0.25, 0.3) is 5.56 Å². The Morgan fingerprint density at radius 3 is 2.58 bits per heavy atom. The van der Waals surface area contributed by atoms with Gasteiger partial charge < -0.3 is 23.5 Å². The fraction of sp³-hybridized carbons (Fsp3) is 0.314. The molecule has 3 aromatic carbocycles. The fourth-order valence-electron chi connectivity index (χ4n) is 6.25. The zero-order chi connectivity index (χ0) is 30.2. The lowest BCUT2D eigenvalue weighted by atomic mass is 9.90. The molecule has 1 aromatic heterocycles. The van der Waals surface area contributed by atoms with E-state index in [2.05, 4.69) is 0 Å². The Morgan fingerprint density at radius 2 is 1.84 bits per heavy atom. The second-order valence-corrected chi connectivity index (χ2v) is 11.3. The van der Waals surface area contributed by atoms with Crippen LogP contribution in [0.2, 0.25) is 0 Å². The van der Waals surface area contributed by atoms with Crippen LogP contribution in [0.5, 0.6) is 17.2 Å². The van der Waals surface area contributed by atoms with Crippen LogP contribution in [0.15, 0.2) is 65.6 Å². The smallest absolute Gasteiger partial charge is 0.306 e. The molecule has 222 valence electrons. The molecule has 1 aliphatic carbocycles. The number of pyridine rings is 1. The fourth-order valence-corrected chi connectivity index (χ4v) is 6.25. The molecule has 0 fully saturated rings. The number of fused-ring (bicyclic) bond motifs is 2. The molecule has 1 aliphatic heterocycles. The van der Waals surface area contributed by atoms with Crippen molar-refractivity contribution in [3.63, 3.8) is 0 Å². The molecule has 2 aliphatic rings. The van der Waals surface area contributed by atoms with Crippen LogP contribution in [0.3, 0.4) is 0 Å². The highest BCUT2D eigenvalue weighted by Gasteiger charge is 2.32. The van der Waals surface area contributed by atoms with Crippen LogP contribution in [-0.4, -0.2) is 24.3 Å². The van der Waals surface area contributed by atoms with Gasteiger partial charge in [0.2, 0.25) is 0 Å². The molecular weight excluding hydrogens is 549 g/mol. The predicted octanol–water partition coefficient (Wildman–Crippen LogP) is 6.49. The molecule has 0 N–H and O–H groups in total. The van der Waals surface area contributed by atoms with Gasteiger partial charge >= 0.3 is 5.97 Å². The normalized spacial score (nSPS) is 16.8. The Bertz CT molecular complexity index is 1750. The third-order valence-corrected chi connectivity index (χ3v) is 8.42. The summed E-state index contributed by atoms with van der Waals surface area (Å²) in [5.41, 5.74) is 7.32. The number of carbonyl (C=O) groups excluding carboxylic acids is 1. The summed E-state index contributed by atoms with van der Waals surface area (Å²) in [6.45, 7) is 4.76. The minimum absolute atomic E-state index is 0.0561. The summed E-state index contributed by atoms with van der Waals surface area (Å²) in [4.78, 5) is 23.7. The van der Waals surface area contributed by atoms with Crippen LogP contribution >= 0.6 is 0 Å². The minimum Gasteiger partial charge on any atom is -0.492 e. The van der Waals surface area contributed by atoms with Gasteiger partial charge in [-0.25, -0.2) is 4.39 Å². The molecule has 1 unspecified atom stereocenters. The number of benzene rings is 3. The number of carbonyl (C=O) groups is 1. The van der Waals surface area contributed by atoms with Gasteiger partial charge in [-0.2, -0.15) is 0 Å². The highest BCUT2D eigenvalue weighted by atomic mass is 19.1. The van der Waals surface area contributed by atoms with Crippen molar-refractivity contribution in [2.45, 2.75) is 51.7 Å². The van der Waals surface area contributed by atoms with Crippen LogP contribution in [0, 0.1) is 19.7 Å². The maximum Gasteiger partial charge on any atom is 0.306 e. The largest absolute Gasteiger partial charge is 0.492 e. The van der Waals surface area contributed by atoms with E-state index in [1.807, 2.05) is 56.3 Å². The summed E-state index contributed by atoms with van der Waals surface area (Å²) < 4.78 is 39.9. The van der Waals surface area contributed by atoms with Crippen molar-refractivity contribution in [3.8, 4) is 28.4 Å². The van der Waals surface area contributed by atoms with Gasteiger partial charge in [-0.1, -0.05) is 12.1 Å². The molecule has 43 heavy (non-hydrogen) atoms. The number of nitrogens with zero attached hydrogens (tertiary/aromatic N) is 1. The summed E-state index contributed by atoms with van der Waals surface area (Å²) in [7, 11) is 3.09. The van der Waals surface area contributed by atoms with E-state index in [0.717, 1.165) is 38.9 Å². The highest BCUT2D eigenvalue weighted by molar-refractivity contribution is 5.76. The van der Waals surface area contributed by atoms with Crippen molar-refractivity contribution in [1.29, 1.82) is 0 Å². The molecule has 6 rings (SSSR count). The molecular formula is C35H34FNO6. The third-order valence-electron chi connectivity index (χ3n) is 8.42. The summed E-state index contributed by atoms with van der Waals surface area (Å²) in [5, 5.41) is 0. The molecule has 0 bridgehead atoms. The number of aryl methyl sites for hydroxylation is 3. The van der Waals surface area contributed by atoms with Crippen LogP contribution in [-0.2, 0) is 29.6 Å². The van der Waals surface area contributed by atoms with E-state index in [1.165, 1.54) is 17.7 Å². The molecule has 2 heterocycles. The number of esters is 1. The zero-order valence-corrected chi connectivity index (χ0v) is 24.7. The Labute approximate surface area is 249 Å². The molecule has 0 saturated heterocycles. The topological polar surface area (TPSA) is 76.0 Å². The average molecular weight is 584 g/mol. The lowest BCUT2D eigenvalue weighted by Gasteiger charge is -2.19. The van der Waals surface area contributed by atoms with E-state index in [-0.39, 0.29) is 29.7 Å². The molecule has 2 atom stereocenters. The van der Waals surface area contributed by atoms with Crippen LogP contribution in [0.4, 0.5) is 4.39 Å². The van der Waals surface area contributed by atoms with Gasteiger partial charge in [0.15, 0.2) is 0 Å². The van der Waals surface area contributed by atoms with Gasteiger partial charge in [0.1, 0.15) is 35.8 Å². The standard InChI is InChI=1S/C35H34FNO6/c1-20-13-25(41-18-22-11-12-37(3)32(38)15-22)14-21(2)34(20)27-7-9-29(36)35-28(27)8-10-30(35)43-24-5-6-26-23(16-33(39)40-4)19-42-31(26)17-24/h5-7,9,11-15,17,23,30H,8,10,16,18-19H2,1-4H3/t23-,30?/m1/s1. The number of hydrogen-bond donors (Lipinski definition) is 0. The number of aromatic nitrogens is 1. The van der Waals surface area contributed by atoms with Crippen LogP contribution in [0.1, 0.15) is 58.2 Å². The average Bonchev–Trinajstić information content (AvgIpc) is 3.59. The monoisotopic (exact) mass is 583 g/mol. The van der Waals surface area contributed by atoms with Gasteiger partial charge in [-0.05, 0) is 90.4 Å². The molecule has 0 spiro atoms. The second kappa shape index (κ2) is 11.6. The summed E-state index contributed by atoms with van der Waals surface area (Å²) in [5.74, 6) is 1.39. The maximum atomic E-state index is 15.4. The molecule has 7 nitrogen and oxygen atoms in total. The Morgan fingerprint density at radius 1 is 1.05 bits per heavy atom. The zero-order valence-electron chi connectivity index (χ0n) is 24.7. The van der Waals surface area contributed by atoms with Gasteiger partial charge in [0.05, 0.1) is 20.1 Å². The first-order valence-corrected chi connectivity index (χ1v) is 14.4. The number of rotatable bonds is 8. The van der Waals surface area contributed by atoms with E-state index in [0.29, 0.717) is 48.9 Å². The minimum atomic E-state index is -0.429. The van der Waals surface area contributed by atoms with E-state index in [9.17, 15) is 9.59 Å². The number of ether oxygens (including phenoxy) is 4. The Hall–Kier alpha value is -4.59. The third kappa shape index (κ3) is 5.61. The van der Waals surface area contributed by atoms with Crippen molar-refractivity contribution >= 4 is 5.97 Å². The molecule has 4 aromatic rings. The Balaban J connectivity index is 1.22. The molecule has 8 heteroatoms. The first-order chi connectivity index (χ1) is 20.7. The lowest BCUT2D eigenvalue weighted by molar-refractivity contribution is -0.141. The van der Waals surface area contributed by atoms with E-state index < -0.39 is 6.10 Å². The number of hydrogen-bond acceptors (Lipinski definition) is 6. The van der Waals surface area contributed by atoms with Gasteiger partial charge in [0, 0.05) is 42.4 Å². The summed E-state index contributed by atoms with van der Waals surface area (Å²) in [6.07, 6.45) is 2.90. The van der Waals surface area contributed by atoms with Crippen LogP contribution < -0.4 is 19.8 Å². The van der Waals surface area contributed by atoms with Gasteiger partial charge in [-0.15, -0.1) is 0 Å². The number of halogens is 1. The first kappa shape index (κ1) is 28.5. The van der Waals surface area contributed by atoms with E-state index >= 15 is 4.39 Å².